The number of nitrogens with one attached hydrogen (secondary N) is 1. The van der Waals surface area contributed by atoms with Gasteiger partial charge in [-0.3, -0.25) is 10.1 Å². The molecule has 2 aromatic rings. The summed E-state index contributed by atoms with van der Waals surface area (Å²) < 4.78 is 5.68. The SMILES string of the molecule is Cc1coc(NC(=O)c2cc(Br)cnc2N)n1. The number of carbonyl (C=O) groups is 1. The largest absolute Gasteiger partial charge is 0.432 e. The number of amides is 1. The summed E-state index contributed by atoms with van der Waals surface area (Å²) in [6.45, 7) is 1.76. The predicted octanol–water partition coefficient (Wildman–Crippen LogP) is 1.98. The number of nitrogens with zero attached hydrogens (tertiary/aromatic N) is 2. The first-order chi connectivity index (χ1) is 8.06. The summed E-state index contributed by atoms with van der Waals surface area (Å²) in [6, 6.07) is 1.71. The van der Waals surface area contributed by atoms with Crippen molar-refractivity contribution in [2.45, 2.75) is 6.92 Å². The lowest BCUT2D eigenvalue weighted by Crippen LogP contribution is -2.15. The van der Waals surface area contributed by atoms with Crippen LogP contribution in [0.5, 0.6) is 0 Å². The van der Waals surface area contributed by atoms with Crippen molar-refractivity contribution >= 4 is 33.7 Å². The van der Waals surface area contributed by atoms with E-state index in [0.717, 1.165) is 0 Å². The summed E-state index contributed by atoms with van der Waals surface area (Å²) in [5.41, 5.74) is 6.55. The van der Waals surface area contributed by atoms with Gasteiger partial charge < -0.3 is 10.2 Å². The van der Waals surface area contributed by atoms with Crippen LogP contribution in [-0.2, 0) is 0 Å². The number of anilines is 2. The fourth-order valence-electron chi connectivity index (χ4n) is 1.21. The molecule has 0 atom stereocenters. The topological polar surface area (TPSA) is 94.0 Å². The molecule has 0 unspecified atom stereocenters. The molecule has 0 aliphatic carbocycles. The van der Waals surface area contributed by atoms with Crippen molar-refractivity contribution in [2.75, 3.05) is 11.1 Å². The number of halogens is 1. The van der Waals surface area contributed by atoms with Crippen molar-refractivity contribution in [1.29, 1.82) is 0 Å². The molecule has 0 aliphatic heterocycles. The zero-order valence-electron chi connectivity index (χ0n) is 8.90. The fourth-order valence-corrected chi connectivity index (χ4v) is 1.54. The van der Waals surface area contributed by atoms with Crippen LogP contribution in [0.2, 0.25) is 0 Å². The summed E-state index contributed by atoms with van der Waals surface area (Å²) in [7, 11) is 0. The highest BCUT2D eigenvalue weighted by atomic mass is 79.9. The number of rotatable bonds is 2. The molecule has 17 heavy (non-hydrogen) atoms. The highest BCUT2D eigenvalue weighted by molar-refractivity contribution is 9.10. The van der Waals surface area contributed by atoms with E-state index in [1.165, 1.54) is 12.5 Å². The molecule has 0 saturated carbocycles. The number of carbonyl (C=O) groups excluding carboxylic acids is 1. The summed E-state index contributed by atoms with van der Waals surface area (Å²) in [4.78, 5) is 19.7. The van der Waals surface area contributed by atoms with Gasteiger partial charge in [0.2, 0.25) is 0 Å². The maximum absolute atomic E-state index is 11.8. The van der Waals surface area contributed by atoms with Gasteiger partial charge in [0.25, 0.3) is 5.91 Å². The van der Waals surface area contributed by atoms with Crippen molar-refractivity contribution in [3.8, 4) is 0 Å². The third kappa shape index (κ3) is 2.62. The molecule has 0 saturated heterocycles. The molecular weight excluding hydrogens is 288 g/mol. The van der Waals surface area contributed by atoms with Crippen LogP contribution in [0.3, 0.4) is 0 Å². The molecule has 1 amide bonds. The van der Waals surface area contributed by atoms with Crippen LogP contribution in [0.15, 0.2) is 27.4 Å². The number of oxazole rings is 1. The smallest absolute Gasteiger partial charge is 0.301 e. The van der Waals surface area contributed by atoms with E-state index in [9.17, 15) is 4.79 Å². The maximum Gasteiger partial charge on any atom is 0.301 e. The van der Waals surface area contributed by atoms with E-state index in [0.29, 0.717) is 10.2 Å². The molecule has 88 valence electrons. The number of hydrogen-bond acceptors (Lipinski definition) is 5. The summed E-state index contributed by atoms with van der Waals surface area (Å²) in [5.74, 6) is -0.271. The third-order valence-electron chi connectivity index (χ3n) is 1.97. The summed E-state index contributed by atoms with van der Waals surface area (Å²) >= 11 is 3.22. The Kier molecular flexibility index (Phi) is 3.10. The monoisotopic (exact) mass is 296 g/mol. The first-order valence-corrected chi connectivity index (χ1v) is 5.50. The molecule has 0 aliphatic rings. The van der Waals surface area contributed by atoms with E-state index in [4.69, 9.17) is 10.2 Å². The Morgan fingerprint density at radius 1 is 1.59 bits per heavy atom. The molecule has 2 rings (SSSR count). The molecule has 0 radical (unpaired) electrons. The van der Waals surface area contributed by atoms with Crippen molar-refractivity contribution < 1.29 is 9.21 Å². The molecule has 0 aromatic carbocycles. The molecule has 6 nitrogen and oxygen atoms in total. The van der Waals surface area contributed by atoms with E-state index < -0.39 is 5.91 Å². The van der Waals surface area contributed by atoms with Crippen molar-refractivity contribution in [3.05, 3.63) is 34.3 Å². The minimum absolute atomic E-state index is 0.131. The second kappa shape index (κ2) is 4.54. The molecule has 2 heterocycles. The van der Waals surface area contributed by atoms with E-state index in [1.54, 1.807) is 13.0 Å². The predicted molar refractivity (Wildman–Crippen MR) is 65.5 cm³/mol. The Morgan fingerprint density at radius 3 is 3.00 bits per heavy atom. The molecule has 7 heteroatoms. The summed E-state index contributed by atoms with van der Waals surface area (Å²) in [5, 5.41) is 2.49. The Balaban J connectivity index is 2.22. The Hall–Kier alpha value is -1.89. The van der Waals surface area contributed by atoms with E-state index in [-0.39, 0.29) is 17.4 Å². The van der Waals surface area contributed by atoms with Crippen LogP contribution in [0, 0.1) is 6.92 Å². The second-order valence-electron chi connectivity index (χ2n) is 3.33. The van der Waals surface area contributed by atoms with E-state index >= 15 is 0 Å². The zero-order valence-corrected chi connectivity index (χ0v) is 10.5. The molecule has 3 N–H and O–H groups in total. The first-order valence-electron chi connectivity index (χ1n) is 4.71. The fraction of sp³-hybridized carbons (Fsp3) is 0.100. The molecule has 2 aromatic heterocycles. The van der Waals surface area contributed by atoms with Crippen molar-refractivity contribution in [1.82, 2.24) is 9.97 Å². The van der Waals surface area contributed by atoms with Gasteiger partial charge in [-0.2, -0.15) is 4.98 Å². The standard InChI is InChI=1S/C10H9BrN4O2/c1-5-4-17-10(14-5)15-9(16)7-2-6(11)3-13-8(7)12/h2-4H,1H3,(H2,12,13)(H,14,15,16). The highest BCUT2D eigenvalue weighted by Gasteiger charge is 2.13. The van der Waals surface area contributed by atoms with Crippen LogP contribution in [0.1, 0.15) is 16.1 Å². The Bertz CT molecular complexity index is 567. The molecule has 0 bridgehead atoms. The first kappa shape index (κ1) is 11.6. The van der Waals surface area contributed by atoms with Crippen LogP contribution >= 0.6 is 15.9 Å². The average Bonchev–Trinajstić information content (AvgIpc) is 2.67. The van der Waals surface area contributed by atoms with Gasteiger partial charge in [0.05, 0.1) is 11.3 Å². The lowest BCUT2D eigenvalue weighted by molar-refractivity contribution is 0.102. The van der Waals surface area contributed by atoms with Crippen molar-refractivity contribution in [2.24, 2.45) is 0 Å². The lowest BCUT2D eigenvalue weighted by Gasteiger charge is -2.04. The van der Waals surface area contributed by atoms with Gasteiger partial charge in [0, 0.05) is 10.7 Å². The van der Waals surface area contributed by atoms with Gasteiger partial charge in [0.1, 0.15) is 12.1 Å². The van der Waals surface area contributed by atoms with Crippen LogP contribution in [0.4, 0.5) is 11.8 Å². The third-order valence-corrected chi connectivity index (χ3v) is 2.40. The van der Waals surface area contributed by atoms with Crippen molar-refractivity contribution in [3.63, 3.8) is 0 Å². The van der Waals surface area contributed by atoms with E-state index in [1.807, 2.05) is 0 Å². The number of nitrogen functional groups attached to an aromatic ring is 1. The highest BCUT2D eigenvalue weighted by Crippen LogP contribution is 2.17. The van der Waals surface area contributed by atoms with Gasteiger partial charge >= 0.3 is 6.01 Å². The Labute approximate surface area is 105 Å². The maximum atomic E-state index is 11.8. The van der Waals surface area contributed by atoms with Crippen LogP contribution < -0.4 is 11.1 Å². The van der Waals surface area contributed by atoms with Crippen LogP contribution in [-0.4, -0.2) is 15.9 Å². The number of pyridine rings is 1. The number of nitrogens with two attached hydrogens (primary N) is 1. The number of aryl methyl sites for hydroxylation is 1. The minimum atomic E-state index is -0.418. The average molecular weight is 297 g/mol. The van der Waals surface area contributed by atoms with Gasteiger partial charge in [-0.05, 0) is 28.9 Å². The lowest BCUT2D eigenvalue weighted by atomic mass is 10.2. The van der Waals surface area contributed by atoms with Crippen LogP contribution in [0.25, 0.3) is 0 Å². The summed E-state index contributed by atoms with van der Waals surface area (Å²) in [6.07, 6.45) is 2.96. The number of aromatic nitrogens is 2. The molecular formula is C10H9BrN4O2. The zero-order chi connectivity index (χ0) is 12.4. The van der Waals surface area contributed by atoms with Gasteiger partial charge in [-0.15, -0.1) is 0 Å². The molecule has 0 spiro atoms. The Morgan fingerprint density at radius 2 is 2.35 bits per heavy atom. The normalized spacial score (nSPS) is 10.2. The number of hydrogen-bond donors (Lipinski definition) is 2. The molecule has 0 fully saturated rings. The quantitative estimate of drug-likeness (QED) is 0.883. The minimum Gasteiger partial charge on any atom is -0.432 e. The van der Waals surface area contributed by atoms with Gasteiger partial charge in [-0.1, -0.05) is 0 Å². The second-order valence-corrected chi connectivity index (χ2v) is 4.25. The van der Waals surface area contributed by atoms with Gasteiger partial charge in [-0.25, -0.2) is 4.98 Å². The van der Waals surface area contributed by atoms with E-state index in [2.05, 4.69) is 31.2 Å². The van der Waals surface area contributed by atoms with Gasteiger partial charge in [0.15, 0.2) is 0 Å².